The first-order valence-corrected chi connectivity index (χ1v) is 11.9. The number of nitrogens with zero attached hydrogens (tertiary/aromatic N) is 1. The number of nitrogens with one attached hydrogen (secondary N) is 1. The number of ether oxygens (including phenoxy) is 1. The predicted molar refractivity (Wildman–Crippen MR) is 134 cm³/mol. The lowest BCUT2D eigenvalue weighted by Crippen LogP contribution is -2.39. The number of hydrogen-bond acceptors (Lipinski definition) is 3. The zero-order chi connectivity index (χ0) is 23.5. The number of amides is 2. The predicted octanol–water partition coefficient (Wildman–Crippen LogP) is 5.81. The SMILES string of the molecule is O=C1Nc2cc(C(=O)N3CCC(Cc4ccccc4)CC3)ccc2OC1=Cc1ccccc1Cl. The molecule has 2 aliphatic rings. The van der Waals surface area contributed by atoms with E-state index < -0.39 is 0 Å². The number of hydrogen-bond donors (Lipinski definition) is 1. The topological polar surface area (TPSA) is 58.6 Å². The molecule has 0 bridgehead atoms. The van der Waals surface area contributed by atoms with Gasteiger partial charge in [-0.2, -0.15) is 0 Å². The Bertz CT molecular complexity index is 1250. The van der Waals surface area contributed by atoms with Crippen molar-refractivity contribution in [3.63, 3.8) is 0 Å². The van der Waals surface area contributed by atoms with Crippen LogP contribution in [0.15, 0.2) is 78.6 Å². The average Bonchev–Trinajstić information content (AvgIpc) is 2.86. The van der Waals surface area contributed by atoms with Crippen LogP contribution in [0.4, 0.5) is 5.69 Å². The molecule has 0 radical (unpaired) electrons. The number of likely N-dealkylation sites (tertiary alicyclic amines) is 1. The number of benzene rings is 3. The number of piperidine rings is 1. The molecular formula is C28H25ClN2O3. The molecule has 0 saturated carbocycles. The van der Waals surface area contributed by atoms with Gasteiger partial charge in [-0.25, -0.2) is 0 Å². The van der Waals surface area contributed by atoms with Crippen molar-refractivity contribution in [1.29, 1.82) is 0 Å². The fourth-order valence-electron chi connectivity index (χ4n) is 4.50. The Balaban J connectivity index is 1.25. The molecule has 0 spiro atoms. The van der Waals surface area contributed by atoms with Crippen LogP contribution < -0.4 is 10.1 Å². The van der Waals surface area contributed by atoms with Crippen LogP contribution in [0.3, 0.4) is 0 Å². The summed E-state index contributed by atoms with van der Waals surface area (Å²) >= 11 is 6.20. The van der Waals surface area contributed by atoms with E-state index in [0.29, 0.717) is 33.5 Å². The number of carbonyl (C=O) groups excluding carboxylic acids is 2. The summed E-state index contributed by atoms with van der Waals surface area (Å²) in [5.41, 5.74) is 3.08. The van der Waals surface area contributed by atoms with Gasteiger partial charge in [0.1, 0.15) is 0 Å². The molecule has 172 valence electrons. The van der Waals surface area contributed by atoms with Gasteiger partial charge in [0, 0.05) is 23.7 Å². The Morgan fingerprint density at radius 1 is 1.03 bits per heavy atom. The quantitative estimate of drug-likeness (QED) is 0.488. The maximum Gasteiger partial charge on any atom is 0.291 e. The monoisotopic (exact) mass is 472 g/mol. The molecular weight excluding hydrogens is 448 g/mol. The molecule has 0 aromatic heterocycles. The highest BCUT2D eigenvalue weighted by molar-refractivity contribution is 6.32. The highest BCUT2D eigenvalue weighted by atomic mass is 35.5. The van der Waals surface area contributed by atoms with E-state index in [1.165, 1.54) is 5.56 Å². The number of halogens is 1. The summed E-state index contributed by atoms with van der Waals surface area (Å²) in [6.45, 7) is 1.47. The molecule has 5 rings (SSSR count). The Morgan fingerprint density at radius 2 is 1.76 bits per heavy atom. The zero-order valence-corrected chi connectivity index (χ0v) is 19.4. The number of rotatable bonds is 4. The van der Waals surface area contributed by atoms with E-state index in [0.717, 1.165) is 32.4 Å². The van der Waals surface area contributed by atoms with Gasteiger partial charge in [-0.05, 0) is 66.6 Å². The fourth-order valence-corrected chi connectivity index (χ4v) is 4.69. The number of carbonyl (C=O) groups is 2. The Morgan fingerprint density at radius 3 is 2.53 bits per heavy atom. The molecule has 34 heavy (non-hydrogen) atoms. The lowest BCUT2D eigenvalue weighted by molar-refractivity contribution is -0.115. The van der Waals surface area contributed by atoms with Gasteiger partial charge >= 0.3 is 0 Å². The van der Waals surface area contributed by atoms with E-state index in [9.17, 15) is 9.59 Å². The van der Waals surface area contributed by atoms with E-state index in [-0.39, 0.29) is 17.6 Å². The van der Waals surface area contributed by atoms with Crippen LogP contribution in [0.5, 0.6) is 5.75 Å². The highest BCUT2D eigenvalue weighted by Crippen LogP contribution is 2.33. The Kier molecular flexibility index (Phi) is 6.37. The van der Waals surface area contributed by atoms with E-state index in [4.69, 9.17) is 16.3 Å². The minimum absolute atomic E-state index is 0.0207. The molecule has 0 unspecified atom stereocenters. The van der Waals surface area contributed by atoms with Crippen LogP contribution >= 0.6 is 11.6 Å². The molecule has 2 amide bonds. The van der Waals surface area contributed by atoms with Crippen LogP contribution in [0.25, 0.3) is 6.08 Å². The van der Waals surface area contributed by atoms with Crippen molar-refractivity contribution in [2.75, 3.05) is 18.4 Å². The van der Waals surface area contributed by atoms with Crippen molar-refractivity contribution < 1.29 is 14.3 Å². The van der Waals surface area contributed by atoms with Gasteiger partial charge in [0.15, 0.2) is 11.5 Å². The summed E-state index contributed by atoms with van der Waals surface area (Å²) < 4.78 is 5.82. The summed E-state index contributed by atoms with van der Waals surface area (Å²) in [5, 5.41) is 3.37. The first kappa shape index (κ1) is 22.2. The summed E-state index contributed by atoms with van der Waals surface area (Å²) in [6.07, 6.45) is 4.64. The number of anilines is 1. The molecule has 1 saturated heterocycles. The molecule has 2 heterocycles. The van der Waals surface area contributed by atoms with Crippen LogP contribution in [0.1, 0.15) is 34.3 Å². The van der Waals surface area contributed by atoms with Gasteiger partial charge in [0.25, 0.3) is 11.8 Å². The lowest BCUT2D eigenvalue weighted by atomic mass is 9.90. The van der Waals surface area contributed by atoms with Gasteiger partial charge in [-0.3, -0.25) is 9.59 Å². The molecule has 0 aliphatic carbocycles. The van der Waals surface area contributed by atoms with Gasteiger partial charge in [0.2, 0.25) is 0 Å². The van der Waals surface area contributed by atoms with Gasteiger partial charge in [-0.1, -0.05) is 60.1 Å². The first-order valence-electron chi connectivity index (χ1n) is 11.5. The second-order valence-corrected chi connectivity index (χ2v) is 9.13. The maximum atomic E-state index is 13.1. The Hall–Kier alpha value is -3.57. The fraction of sp³-hybridized carbons (Fsp3) is 0.214. The molecule has 3 aromatic carbocycles. The molecule has 6 heteroatoms. The van der Waals surface area contributed by atoms with Gasteiger partial charge < -0.3 is 15.0 Å². The van der Waals surface area contributed by atoms with Gasteiger partial charge in [0.05, 0.1) is 5.69 Å². The summed E-state index contributed by atoms with van der Waals surface area (Å²) in [4.78, 5) is 27.6. The van der Waals surface area contributed by atoms with Crippen molar-refractivity contribution in [3.05, 3.63) is 100 Å². The van der Waals surface area contributed by atoms with Crippen molar-refractivity contribution in [1.82, 2.24) is 4.90 Å². The van der Waals surface area contributed by atoms with Crippen LogP contribution in [0, 0.1) is 5.92 Å². The minimum Gasteiger partial charge on any atom is -0.449 e. The van der Waals surface area contributed by atoms with E-state index in [1.54, 1.807) is 30.3 Å². The molecule has 0 atom stereocenters. The van der Waals surface area contributed by atoms with E-state index in [1.807, 2.05) is 29.2 Å². The largest absolute Gasteiger partial charge is 0.449 e. The third kappa shape index (κ3) is 4.85. The normalized spacial score (nSPS) is 17.1. The number of fused-ring (bicyclic) bond motifs is 1. The second-order valence-electron chi connectivity index (χ2n) is 8.72. The molecule has 5 nitrogen and oxygen atoms in total. The van der Waals surface area contributed by atoms with Crippen molar-refractivity contribution in [2.45, 2.75) is 19.3 Å². The maximum absolute atomic E-state index is 13.1. The molecule has 3 aromatic rings. The van der Waals surface area contributed by atoms with E-state index >= 15 is 0 Å². The van der Waals surface area contributed by atoms with Crippen molar-refractivity contribution in [3.8, 4) is 5.75 Å². The van der Waals surface area contributed by atoms with E-state index in [2.05, 4.69) is 29.6 Å². The first-order chi connectivity index (χ1) is 16.6. The molecule has 2 aliphatic heterocycles. The standard InChI is InChI=1S/C28H25ClN2O3/c29-23-9-5-4-8-21(23)18-26-27(32)30-24-17-22(10-11-25(24)34-26)28(33)31-14-12-20(13-15-31)16-19-6-2-1-3-7-19/h1-11,17-18,20H,12-16H2,(H,30,32). The van der Waals surface area contributed by atoms with Crippen molar-refractivity contribution >= 4 is 35.2 Å². The smallest absolute Gasteiger partial charge is 0.291 e. The third-order valence-corrected chi connectivity index (χ3v) is 6.72. The van der Waals surface area contributed by atoms with Gasteiger partial charge in [-0.15, -0.1) is 0 Å². The molecule has 1 N–H and O–H groups in total. The second kappa shape index (κ2) is 9.74. The zero-order valence-electron chi connectivity index (χ0n) is 18.7. The average molecular weight is 473 g/mol. The highest BCUT2D eigenvalue weighted by Gasteiger charge is 2.27. The molecule has 1 fully saturated rings. The van der Waals surface area contributed by atoms with Crippen LogP contribution in [-0.2, 0) is 11.2 Å². The minimum atomic E-state index is -0.376. The summed E-state index contributed by atoms with van der Waals surface area (Å²) in [5.74, 6) is 0.841. The van der Waals surface area contributed by atoms with Crippen molar-refractivity contribution in [2.24, 2.45) is 5.92 Å². The summed E-state index contributed by atoms with van der Waals surface area (Å²) in [7, 11) is 0. The third-order valence-electron chi connectivity index (χ3n) is 6.38. The van der Waals surface area contributed by atoms with Crippen LogP contribution in [0.2, 0.25) is 5.02 Å². The Labute approximate surface area is 204 Å². The lowest BCUT2D eigenvalue weighted by Gasteiger charge is -2.32. The summed E-state index contributed by atoms with van der Waals surface area (Å²) in [6, 6.07) is 22.9. The van der Waals surface area contributed by atoms with Crippen LogP contribution in [-0.4, -0.2) is 29.8 Å².